The van der Waals surface area contributed by atoms with E-state index < -0.39 is 8.24 Å². The fraction of sp³-hybridized carbons (Fsp3) is 0.467. The monoisotopic (exact) mass is 694 g/mol. The zero-order valence-electron chi connectivity index (χ0n) is 33.4. The molecule has 0 spiro atoms. The molecule has 1 aromatic heterocycles. The van der Waals surface area contributed by atoms with Gasteiger partial charge in [-0.1, -0.05) is 131 Å². The van der Waals surface area contributed by atoms with Crippen LogP contribution >= 0.6 is 8.24 Å². The number of benzene rings is 4. The van der Waals surface area contributed by atoms with Crippen LogP contribution in [0.4, 0.5) is 0 Å². The highest BCUT2D eigenvalue weighted by Crippen LogP contribution is 2.47. The Morgan fingerprint density at radius 2 is 0.860 bits per heavy atom. The van der Waals surface area contributed by atoms with Gasteiger partial charge < -0.3 is 18.0 Å². The van der Waals surface area contributed by atoms with Crippen LogP contribution in [0, 0.1) is 27.7 Å². The van der Waals surface area contributed by atoms with Crippen LogP contribution in [0.5, 0.6) is 11.5 Å². The third-order valence-electron chi connectivity index (χ3n) is 9.51. The van der Waals surface area contributed by atoms with Gasteiger partial charge in [-0.05, 0) is 83.7 Å². The Kier molecular flexibility index (Phi) is 9.68. The van der Waals surface area contributed by atoms with Crippen LogP contribution < -0.4 is 4.52 Å². The van der Waals surface area contributed by atoms with Gasteiger partial charge in [0.1, 0.15) is 22.7 Å². The molecule has 4 aromatic carbocycles. The highest BCUT2D eigenvalue weighted by Gasteiger charge is 2.29. The van der Waals surface area contributed by atoms with E-state index in [9.17, 15) is 5.11 Å². The second-order valence-electron chi connectivity index (χ2n) is 18.7. The predicted molar refractivity (Wildman–Crippen MR) is 213 cm³/mol. The number of fused-ring (bicyclic) bond motifs is 3. The molecule has 1 N–H and O–H groups in total. The fourth-order valence-electron chi connectivity index (χ4n) is 6.95. The summed E-state index contributed by atoms with van der Waals surface area (Å²) in [5.74, 6) is 1.10. The summed E-state index contributed by atoms with van der Waals surface area (Å²) in [5.41, 5.74) is 11.6. The van der Waals surface area contributed by atoms with E-state index in [2.05, 4.69) is 159 Å². The van der Waals surface area contributed by atoms with Gasteiger partial charge >= 0.3 is 8.24 Å². The molecule has 268 valence electrons. The molecular formula is C45H59O4P. The molecule has 1 heterocycles. The van der Waals surface area contributed by atoms with Crippen LogP contribution in [0.15, 0.2) is 56.9 Å². The van der Waals surface area contributed by atoms with Crippen molar-refractivity contribution in [1.82, 2.24) is 0 Å². The molecule has 0 saturated carbocycles. The zero-order chi connectivity index (χ0) is 37.3. The quantitative estimate of drug-likeness (QED) is 0.203. The van der Waals surface area contributed by atoms with Crippen LogP contribution in [0.2, 0.25) is 0 Å². The second kappa shape index (κ2) is 12.9. The Labute approximate surface area is 301 Å². The Hall–Kier alpha value is -3.62. The molecule has 0 unspecified atom stereocenters. The first-order valence-corrected chi connectivity index (χ1v) is 19.1. The molecular weight excluding hydrogens is 635 g/mol. The fourth-order valence-corrected chi connectivity index (χ4v) is 8.11. The smallest absolute Gasteiger partial charge is 0.453 e. The van der Waals surface area contributed by atoms with E-state index in [0.717, 1.165) is 72.2 Å². The normalized spacial score (nSPS) is 13.0. The van der Waals surface area contributed by atoms with Crippen LogP contribution in [0.1, 0.15) is 139 Å². The molecule has 0 saturated heterocycles. The Balaban J connectivity index is 1.89. The van der Waals surface area contributed by atoms with Crippen molar-refractivity contribution in [1.29, 1.82) is 0 Å². The summed E-state index contributed by atoms with van der Waals surface area (Å²) in [4.78, 5) is 0. The van der Waals surface area contributed by atoms with Crippen molar-refractivity contribution in [2.75, 3.05) is 0 Å². The molecule has 0 atom stereocenters. The number of rotatable bonds is 4. The van der Waals surface area contributed by atoms with Crippen molar-refractivity contribution in [3.05, 3.63) is 104 Å². The molecule has 0 fully saturated rings. The molecule has 5 rings (SSSR count). The van der Waals surface area contributed by atoms with E-state index in [0.29, 0.717) is 12.2 Å². The van der Waals surface area contributed by atoms with Crippen LogP contribution in [-0.2, 0) is 28.1 Å². The second-order valence-corrected chi connectivity index (χ2v) is 19.7. The van der Waals surface area contributed by atoms with E-state index in [1.165, 1.54) is 11.1 Å². The van der Waals surface area contributed by atoms with Crippen molar-refractivity contribution in [2.24, 2.45) is 0 Å². The summed E-state index contributed by atoms with van der Waals surface area (Å²) in [6.45, 7) is 35.0. The Morgan fingerprint density at radius 3 is 1.28 bits per heavy atom. The van der Waals surface area contributed by atoms with Gasteiger partial charge in [0.25, 0.3) is 0 Å². The maximum Gasteiger partial charge on any atom is 0.453 e. The van der Waals surface area contributed by atoms with Crippen LogP contribution in [0.3, 0.4) is 0 Å². The average molecular weight is 695 g/mol. The van der Waals surface area contributed by atoms with Crippen LogP contribution in [-0.4, -0.2) is 5.11 Å². The van der Waals surface area contributed by atoms with Gasteiger partial charge in [0.2, 0.25) is 0 Å². The predicted octanol–water partition coefficient (Wildman–Crippen LogP) is 13.9. The molecule has 50 heavy (non-hydrogen) atoms. The molecule has 5 heteroatoms. The van der Waals surface area contributed by atoms with E-state index in [1.807, 2.05) is 0 Å². The molecule has 0 aliphatic heterocycles. The first kappa shape index (κ1) is 37.6. The Bertz CT molecular complexity index is 2060. The first-order valence-electron chi connectivity index (χ1n) is 18.0. The maximum absolute atomic E-state index is 11.6. The third kappa shape index (κ3) is 7.67. The van der Waals surface area contributed by atoms with E-state index in [4.69, 9.17) is 12.9 Å². The van der Waals surface area contributed by atoms with E-state index in [1.54, 1.807) is 0 Å². The lowest BCUT2D eigenvalue weighted by Gasteiger charge is -2.26. The van der Waals surface area contributed by atoms with Gasteiger partial charge in [0, 0.05) is 39.4 Å². The lowest BCUT2D eigenvalue weighted by molar-refractivity contribution is 0.440. The summed E-state index contributed by atoms with van der Waals surface area (Å²) >= 11 is 0. The van der Waals surface area contributed by atoms with Crippen molar-refractivity contribution in [3.63, 3.8) is 0 Å². The van der Waals surface area contributed by atoms with Gasteiger partial charge in [-0.3, -0.25) is 0 Å². The largest absolute Gasteiger partial charge is 0.507 e. The minimum absolute atomic E-state index is 0.183. The molecule has 0 bridgehead atoms. The summed E-state index contributed by atoms with van der Waals surface area (Å²) in [6.07, 6.45) is 0.506. The standard InChI is InChI=1S/C45H59O4P/c1-26-17-30(38(46)34(21-26)42(5,6)7)25-31-18-27(2)22-35(43(8,9)10)39(31)47-50-48-40-32(19-28(3)23-36(40)44(11,12)13)33-20-29(4)24-37(41(33)49-50)45(14,15)16/h17-24,46H,25H2,1-16H3. The topological polar surface area (TPSA) is 55.7 Å². The minimum Gasteiger partial charge on any atom is -0.507 e. The van der Waals surface area contributed by atoms with Crippen molar-refractivity contribution in [3.8, 4) is 11.5 Å². The third-order valence-corrected chi connectivity index (χ3v) is 10.5. The van der Waals surface area contributed by atoms with Gasteiger partial charge in [-0.25, -0.2) is 0 Å². The van der Waals surface area contributed by atoms with Crippen LogP contribution in [0.25, 0.3) is 21.9 Å². The molecule has 4 nitrogen and oxygen atoms in total. The minimum atomic E-state index is -1.96. The van der Waals surface area contributed by atoms with Crippen molar-refractivity contribution >= 4 is 30.2 Å². The lowest BCUT2D eigenvalue weighted by atomic mass is 9.81. The summed E-state index contributed by atoms with van der Waals surface area (Å²) < 4.78 is 21.3. The highest BCUT2D eigenvalue weighted by atomic mass is 31.1. The first-order chi connectivity index (χ1) is 22.8. The van der Waals surface area contributed by atoms with Gasteiger partial charge in [-0.2, -0.15) is 0 Å². The van der Waals surface area contributed by atoms with Gasteiger partial charge in [0.15, 0.2) is 0 Å². The highest BCUT2D eigenvalue weighted by molar-refractivity contribution is 7.32. The molecule has 0 aliphatic rings. The van der Waals surface area contributed by atoms with Crippen molar-refractivity contribution < 1.29 is 18.0 Å². The summed E-state index contributed by atoms with van der Waals surface area (Å²) in [5, 5.41) is 13.7. The molecule has 0 radical (unpaired) electrons. The lowest BCUT2D eigenvalue weighted by Crippen LogP contribution is -2.15. The number of hydrogen-bond acceptors (Lipinski definition) is 4. The number of aryl methyl sites for hydroxylation is 4. The molecule has 5 aromatic rings. The van der Waals surface area contributed by atoms with Crippen molar-refractivity contribution in [2.45, 2.75) is 139 Å². The maximum atomic E-state index is 11.6. The number of hydrogen-bond donors (Lipinski definition) is 1. The summed E-state index contributed by atoms with van der Waals surface area (Å²) in [7, 11) is -1.96. The zero-order valence-corrected chi connectivity index (χ0v) is 34.3. The van der Waals surface area contributed by atoms with Gasteiger partial charge in [0.05, 0.1) is 0 Å². The Morgan fingerprint density at radius 1 is 0.500 bits per heavy atom. The molecule has 0 aliphatic carbocycles. The number of phenols is 1. The number of phenolic OH excluding ortho intramolecular Hbond substituents is 1. The summed E-state index contributed by atoms with van der Waals surface area (Å²) in [6, 6.07) is 17.5. The van der Waals surface area contributed by atoms with Gasteiger partial charge in [-0.15, -0.1) is 0 Å². The number of aromatic hydroxyl groups is 1. The average Bonchev–Trinajstić information content (AvgIpc) is 3.09. The van der Waals surface area contributed by atoms with E-state index in [-0.39, 0.29) is 21.7 Å². The molecule has 0 amide bonds. The van der Waals surface area contributed by atoms with E-state index >= 15 is 0 Å². The SMILES string of the molecule is Cc1cc(Cc2cc(C)cc(C(C)(C)C)c2Op2oc3c(C(C)(C)C)cc(C)cc3c3cc(C)cc(C(C)(C)C)c3o2)c(O)c(C(C)(C)C)c1.